The Hall–Kier alpha value is -3.23. The number of halogens is 1. The first-order chi connectivity index (χ1) is 15.1. The minimum absolute atomic E-state index is 0.110. The monoisotopic (exact) mass is 455 g/mol. The molecule has 0 aliphatic rings. The van der Waals surface area contributed by atoms with Gasteiger partial charge in [-0.3, -0.25) is 4.79 Å². The highest BCUT2D eigenvalue weighted by molar-refractivity contribution is 7.13. The number of carbonyl (C=O) groups is 1. The molecule has 0 radical (unpaired) electrons. The van der Waals surface area contributed by atoms with Crippen LogP contribution in [0.3, 0.4) is 0 Å². The van der Waals surface area contributed by atoms with E-state index in [2.05, 4.69) is 15.1 Å². The number of hydrogen-bond donors (Lipinski definition) is 0. The maximum Gasteiger partial charge on any atom is 0.306 e. The van der Waals surface area contributed by atoms with Crippen LogP contribution in [-0.2, 0) is 22.6 Å². The van der Waals surface area contributed by atoms with Crippen LogP contribution in [0.4, 0.5) is 0 Å². The molecule has 0 aliphatic heterocycles. The fourth-order valence-corrected chi connectivity index (χ4v) is 3.70. The van der Waals surface area contributed by atoms with E-state index >= 15 is 0 Å². The lowest BCUT2D eigenvalue weighted by atomic mass is 10.2. The Morgan fingerprint density at radius 2 is 1.97 bits per heavy atom. The number of methoxy groups -OCH3 is 1. The molecule has 4 rings (SSSR count). The van der Waals surface area contributed by atoms with Crippen LogP contribution >= 0.6 is 22.9 Å². The third-order valence-electron chi connectivity index (χ3n) is 4.36. The fourth-order valence-electron chi connectivity index (χ4n) is 2.77. The number of hydrogen-bond acceptors (Lipinski definition) is 8. The second kappa shape index (κ2) is 9.72. The van der Waals surface area contributed by atoms with E-state index in [1.165, 1.54) is 11.3 Å². The van der Waals surface area contributed by atoms with Crippen molar-refractivity contribution >= 4 is 28.9 Å². The van der Waals surface area contributed by atoms with E-state index in [9.17, 15) is 4.79 Å². The number of aromatic nitrogens is 3. The van der Waals surface area contributed by atoms with Gasteiger partial charge in [-0.15, -0.1) is 11.3 Å². The largest absolute Gasteiger partial charge is 0.497 e. The predicted octanol–water partition coefficient (Wildman–Crippen LogP) is 5.20. The van der Waals surface area contributed by atoms with Gasteiger partial charge in [0.2, 0.25) is 11.7 Å². The van der Waals surface area contributed by atoms with Crippen molar-refractivity contribution in [2.24, 2.45) is 0 Å². The van der Waals surface area contributed by atoms with Crippen molar-refractivity contribution in [3.63, 3.8) is 0 Å². The number of rotatable bonds is 8. The van der Waals surface area contributed by atoms with Crippen LogP contribution in [0.1, 0.15) is 18.0 Å². The normalized spacial score (nSPS) is 10.8. The molecule has 7 nitrogen and oxygen atoms in total. The zero-order valence-corrected chi connectivity index (χ0v) is 18.2. The predicted molar refractivity (Wildman–Crippen MR) is 117 cm³/mol. The molecule has 0 bridgehead atoms. The van der Waals surface area contributed by atoms with Crippen LogP contribution in [0.15, 0.2) is 58.4 Å². The second-order valence-corrected chi connectivity index (χ2v) is 7.85. The molecular weight excluding hydrogens is 438 g/mol. The first-order valence-corrected chi connectivity index (χ1v) is 10.7. The molecule has 0 spiro atoms. The quantitative estimate of drug-likeness (QED) is 0.337. The van der Waals surface area contributed by atoms with Crippen molar-refractivity contribution in [1.29, 1.82) is 0 Å². The lowest BCUT2D eigenvalue weighted by Crippen LogP contribution is -2.06. The third-order valence-corrected chi connectivity index (χ3v) is 5.56. The van der Waals surface area contributed by atoms with Gasteiger partial charge in [0.25, 0.3) is 0 Å². The Kier molecular flexibility index (Phi) is 6.59. The highest BCUT2D eigenvalue weighted by Crippen LogP contribution is 2.27. The van der Waals surface area contributed by atoms with Gasteiger partial charge < -0.3 is 14.0 Å². The van der Waals surface area contributed by atoms with E-state index in [1.54, 1.807) is 31.4 Å². The average molecular weight is 456 g/mol. The van der Waals surface area contributed by atoms with Crippen LogP contribution in [0.2, 0.25) is 5.02 Å². The van der Waals surface area contributed by atoms with E-state index in [-0.39, 0.29) is 19.0 Å². The van der Waals surface area contributed by atoms with Crippen molar-refractivity contribution in [3.8, 4) is 27.7 Å². The Morgan fingerprint density at radius 3 is 2.77 bits per heavy atom. The highest BCUT2D eigenvalue weighted by Gasteiger charge is 2.13. The van der Waals surface area contributed by atoms with Gasteiger partial charge in [-0.25, -0.2) is 4.98 Å². The summed E-state index contributed by atoms with van der Waals surface area (Å²) in [6, 6.07) is 14.8. The van der Waals surface area contributed by atoms with Crippen molar-refractivity contribution in [1.82, 2.24) is 15.1 Å². The van der Waals surface area contributed by atoms with Crippen LogP contribution in [0.5, 0.6) is 5.75 Å². The molecule has 2 aromatic carbocycles. The molecule has 0 unspecified atom stereocenters. The number of ether oxygens (including phenoxy) is 2. The van der Waals surface area contributed by atoms with E-state index in [1.807, 2.05) is 29.6 Å². The SMILES string of the molecule is COc1cccc(-c2nc(COC(=O)CCc3nc(-c4ccc(Cl)cc4)no3)cs2)c1. The van der Waals surface area contributed by atoms with E-state index in [4.69, 9.17) is 25.6 Å². The van der Waals surface area contributed by atoms with Crippen LogP contribution in [0.25, 0.3) is 22.0 Å². The molecule has 0 aliphatic carbocycles. The lowest BCUT2D eigenvalue weighted by molar-refractivity contribution is -0.145. The second-order valence-electron chi connectivity index (χ2n) is 6.56. The minimum atomic E-state index is -0.359. The molecular formula is C22H18ClN3O4S. The van der Waals surface area contributed by atoms with Crippen LogP contribution in [0, 0.1) is 0 Å². The molecule has 9 heteroatoms. The smallest absolute Gasteiger partial charge is 0.306 e. The van der Waals surface area contributed by atoms with Gasteiger partial charge in [0.05, 0.1) is 19.2 Å². The van der Waals surface area contributed by atoms with Crippen molar-refractivity contribution in [2.45, 2.75) is 19.4 Å². The summed E-state index contributed by atoms with van der Waals surface area (Å²) in [5.41, 5.74) is 2.44. The first kappa shape index (κ1) is 21.0. The standard InChI is InChI=1S/C22H18ClN3O4S/c1-28-18-4-2-3-15(11-18)22-24-17(13-31-22)12-29-20(27)10-9-19-25-21(26-30-19)14-5-7-16(23)8-6-14/h2-8,11,13H,9-10,12H2,1H3. The molecule has 2 aromatic heterocycles. The van der Waals surface area contributed by atoms with E-state index < -0.39 is 0 Å². The van der Waals surface area contributed by atoms with Gasteiger partial charge >= 0.3 is 5.97 Å². The Balaban J connectivity index is 1.27. The summed E-state index contributed by atoms with van der Waals surface area (Å²) in [6.45, 7) is 0.110. The Morgan fingerprint density at radius 1 is 1.13 bits per heavy atom. The number of aryl methyl sites for hydroxylation is 1. The number of thiazole rings is 1. The molecule has 4 aromatic rings. The molecule has 0 amide bonds. The summed E-state index contributed by atoms with van der Waals surface area (Å²) < 4.78 is 15.8. The van der Waals surface area contributed by atoms with E-state index in [0.717, 1.165) is 21.9 Å². The van der Waals surface area contributed by atoms with Crippen molar-refractivity contribution in [2.75, 3.05) is 7.11 Å². The number of esters is 1. The lowest BCUT2D eigenvalue weighted by Gasteiger charge is -2.02. The van der Waals surface area contributed by atoms with Gasteiger partial charge in [-0.1, -0.05) is 28.9 Å². The van der Waals surface area contributed by atoms with Crippen LogP contribution in [-0.4, -0.2) is 28.2 Å². The maximum atomic E-state index is 12.1. The Bertz CT molecular complexity index is 1170. The summed E-state index contributed by atoms with van der Waals surface area (Å²) in [4.78, 5) is 20.9. The molecule has 0 saturated heterocycles. The maximum absolute atomic E-state index is 12.1. The minimum Gasteiger partial charge on any atom is -0.497 e. The first-order valence-electron chi connectivity index (χ1n) is 9.43. The summed E-state index contributed by atoms with van der Waals surface area (Å²) in [6.07, 6.45) is 0.431. The summed E-state index contributed by atoms with van der Waals surface area (Å²) in [7, 11) is 1.62. The van der Waals surface area contributed by atoms with Crippen molar-refractivity contribution in [3.05, 3.63) is 70.5 Å². The molecule has 0 fully saturated rings. The summed E-state index contributed by atoms with van der Waals surface area (Å²) in [5.74, 6) is 1.23. The van der Waals surface area contributed by atoms with Gasteiger partial charge in [0.15, 0.2) is 0 Å². The number of nitrogens with zero attached hydrogens (tertiary/aromatic N) is 3. The third kappa shape index (κ3) is 5.48. The molecule has 31 heavy (non-hydrogen) atoms. The topological polar surface area (TPSA) is 87.3 Å². The number of benzene rings is 2. The van der Waals surface area contributed by atoms with Gasteiger partial charge in [0, 0.05) is 28.0 Å². The van der Waals surface area contributed by atoms with E-state index in [0.29, 0.717) is 28.9 Å². The fraction of sp³-hybridized carbons (Fsp3) is 0.182. The zero-order valence-electron chi connectivity index (χ0n) is 16.6. The Labute approximate surface area is 187 Å². The summed E-state index contributed by atoms with van der Waals surface area (Å²) >= 11 is 7.37. The van der Waals surface area contributed by atoms with Gasteiger partial charge in [-0.2, -0.15) is 4.98 Å². The van der Waals surface area contributed by atoms with Crippen molar-refractivity contribution < 1.29 is 18.8 Å². The van der Waals surface area contributed by atoms with Crippen LogP contribution < -0.4 is 4.74 Å². The number of carbonyl (C=O) groups excluding carboxylic acids is 1. The molecule has 0 N–H and O–H groups in total. The molecule has 158 valence electrons. The molecule has 0 atom stereocenters. The molecule has 2 heterocycles. The van der Waals surface area contributed by atoms with Gasteiger partial charge in [0.1, 0.15) is 17.4 Å². The average Bonchev–Trinajstić information content (AvgIpc) is 3.47. The summed E-state index contributed by atoms with van der Waals surface area (Å²) in [5, 5.41) is 7.28. The highest BCUT2D eigenvalue weighted by atomic mass is 35.5. The zero-order chi connectivity index (χ0) is 21.6. The van der Waals surface area contributed by atoms with Gasteiger partial charge in [-0.05, 0) is 36.4 Å². The molecule has 0 saturated carbocycles.